The number of nitrogens with zero attached hydrogens (tertiary/aromatic N) is 3. The van der Waals surface area contributed by atoms with E-state index in [-0.39, 0.29) is 36.3 Å². The van der Waals surface area contributed by atoms with Crippen LogP contribution in [-0.2, 0) is 13.1 Å². The van der Waals surface area contributed by atoms with Gasteiger partial charge in [0.2, 0.25) is 0 Å². The zero-order valence-corrected chi connectivity index (χ0v) is 19.1. The smallest absolute Gasteiger partial charge is 0.387 e. The van der Waals surface area contributed by atoms with Gasteiger partial charge in [-0.3, -0.25) is 4.99 Å². The molecule has 0 aliphatic heterocycles. The summed E-state index contributed by atoms with van der Waals surface area (Å²) in [5.74, 6) is 0.575. The fourth-order valence-electron chi connectivity index (χ4n) is 2.79. The maximum Gasteiger partial charge on any atom is 0.387 e. The summed E-state index contributed by atoms with van der Waals surface area (Å²) < 4.78 is 31.7. The molecule has 2 aromatic carbocycles. The van der Waals surface area contributed by atoms with Crippen molar-refractivity contribution in [1.29, 1.82) is 0 Å². The molecule has 3 aromatic rings. The van der Waals surface area contributed by atoms with Gasteiger partial charge in [-0.2, -0.15) is 8.78 Å². The number of nitrogens with one attached hydrogen (secondary N) is 2. The highest BCUT2D eigenvalue weighted by atomic mass is 127. The minimum atomic E-state index is -2.91. The van der Waals surface area contributed by atoms with Crippen LogP contribution < -0.4 is 15.4 Å². The van der Waals surface area contributed by atoms with Crippen molar-refractivity contribution in [3.05, 3.63) is 77.3 Å². The van der Waals surface area contributed by atoms with Crippen LogP contribution in [0, 0.1) is 0 Å². The molecule has 0 aliphatic carbocycles. The molecule has 3 rings (SSSR count). The Kier molecular flexibility index (Phi) is 9.31. The van der Waals surface area contributed by atoms with Gasteiger partial charge in [-0.15, -0.1) is 24.0 Å². The first-order valence-electron chi connectivity index (χ1n) is 8.81. The predicted molar refractivity (Wildman–Crippen MR) is 124 cm³/mol. The Labute approximate surface area is 195 Å². The summed E-state index contributed by atoms with van der Waals surface area (Å²) in [4.78, 5) is 8.26. The first-order valence-corrected chi connectivity index (χ1v) is 9.18. The highest BCUT2D eigenvalue weighted by Crippen LogP contribution is 2.24. The Hall–Kier alpha value is -2.40. The molecule has 0 bridgehead atoms. The van der Waals surface area contributed by atoms with Crippen molar-refractivity contribution in [1.82, 2.24) is 20.2 Å². The minimum absolute atomic E-state index is 0. The molecule has 0 saturated carbocycles. The summed E-state index contributed by atoms with van der Waals surface area (Å²) in [7, 11) is 1.63. The van der Waals surface area contributed by atoms with Crippen molar-refractivity contribution in [2.75, 3.05) is 7.05 Å². The topological polar surface area (TPSA) is 63.5 Å². The van der Waals surface area contributed by atoms with E-state index in [9.17, 15) is 8.78 Å². The van der Waals surface area contributed by atoms with Gasteiger partial charge in [0.15, 0.2) is 5.96 Å². The molecule has 0 unspecified atom stereocenters. The van der Waals surface area contributed by atoms with E-state index in [1.54, 1.807) is 25.6 Å². The Morgan fingerprint density at radius 2 is 1.90 bits per heavy atom. The lowest BCUT2D eigenvalue weighted by Crippen LogP contribution is -2.36. The Balaban J connectivity index is 0.00000320. The van der Waals surface area contributed by atoms with Gasteiger partial charge in [0.25, 0.3) is 0 Å². The molecule has 1 aromatic heterocycles. The third kappa shape index (κ3) is 6.56. The van der Waals surface area contributed by atoms with Gasteiger partial charge < -0.3 is 19.9 Å². The average Bonchev–Trinajstić information content (AvgIpc) is 3.24. The van der Waals surface area contributed by atoms with Crippen LogP contribution in [0.25, 0.3) is 5.69 Å². The largest absolute Gasteiger partial charge is 0.434 e. The number of guanidine groups is 1. The van der Waals surface area contributed by atoms with Crippen molar-refractivity contribution in [3.63, 3.8) is 0 Å². The van der Waals surface area contributed by atoms with Crippen LogP contribution in [0.4, 0.5) is 8.78 Å². The van der Waals surface area contributed by atoms with E-state index in [1.807, 2.05) is 35.0 Å². The molecular formula is C20H21ClF2IN5O. The highest BCUT2D eigenvalue weighted by Gasteiger charge is 2.11. The van der Waals surface area contributed by atoms with Gasteiger partial charge in [-0.25, -0.2) is 4.98 Å². The van der Waals surface area contributed by atoms with Gasteiger partial charge in [0, 0.05) is 43.1 Å². The molecule has 6 nitrogen and oxygen atoms in total. The van der Waals surface area contributed by atoms with Crippen LogP contribution in [0.3, 0.4) is 0 Å². The Morgan fingerprint density at radius 3 is 2.57 bits per heavy atom. The number of halogens is 4. The van der Waals surface area contributed by atoms with Crippen molar-refractivity contribution >= 4 is 41.5 Å². The number of alkyl halides is 2. The number of benzene rings is 2. The summed E-state index contributed by atoms with van der Waals surface area (Å²) in [6.07, 6.45) is 5.32. The second-order valence-corrected chi connectivity index (χ2v) is 6.44. The summed E-state index contributed by atoms with van der Waals surface area (Å²) in [6.45, 7) is -2.19. The van der Waals surface area contributed by atoms with Crippen LogP contribution in [0.1, 0.15) is 11.1 Å². The first-order chi connectivity index (χ1) is 14.1. The van der Waals surface area contributed by atoms with Gasteiger partial charge in [-0.1, -0.05) is 29.8 Å². The lowest BCUT2D eigenvalue weighted by Gasteiger charge is -2.16. The molecule has 0 aliphatic rings. The maximum absolute atomic E-state index is 12.6. The normalized spacial score (nSPS) is 11.2. The summed E-state index contributed by atoms with van der Waals surface area (Å²) >= 11 is 5.99. The second-order valence-electron chi connectivity index (χ2n) is 6.01. The summed E-state index contributed by atoms with van der Waals surface area (Å²) in [5, 5.41) is 6.73. The van der Waals surface area contributed by atoms with Crippen LogP contribution >= 0.6 is 35.6 Å². The van der Waals surface area contributed by atoms with Gasteiger partial charge in [0.05, 0.1) is 12.0 Å². The van der Waals surface area contributed by atoms with E-state index < -0.39 is 6.61 Å². The molecule has 0 atom stereocenters. The van der Waals surface area contributed by atoms with E-state index >= 15 is 0 Å². The Bertz CT molecular complexity index is 970. The molecule has 0 fully saturated rings. The number of rotatable bonds is 7. The standard InChI is InChI=1S/C20H20ClF2N5O.HI/c1-24-20(27-12-15-10-16(21)6-7-18(15)29-19(22)23)26-11-14-4-2-3-5-17(14)28-9-8-25-13-28;/h2-10,13,19H,11-12H2,1H3,(H2,24,26,27);1H. The van der Waals surface area contributed by atoms with Gasteiger partial charge in [-0.05, 0) is 29.8 Å². The molecule has 0 amide bonds. The molecule has 1 heterocycles. The SMILES string of the molecule is CN=C(NCc1cc(Cl)ccc1OC(F)F)NCc1ccccc1-n1ccnc1.I. The second kappa shape index (κ2) is 11.7. The number of hydrogen-bond acceptors (Lipinski definition) is 3. The number of para-hydroxylation sites is 1. The van der Waals surface area contributed by atoms with Gasteiger partial charge in [0.1, 0.15) is 5.75 Å². The highest BCUT2D eigenvalue weighted by molar-refractivity contribution is 14.0. The molecule has 0 spiro atoms. The van der Waals surface area contributed by atoms with Crippen molar-refractivity contribution in [3.8, 4) is 11.4 Å². The minimum Gasteiger partial charge on any atom is -0.434 e. The first kappa shape index (κ1) is 23.9. The monoisotopic (exact) mass is 547 g/mol. The predicted octanol–water partition coefficient (Wildman–Crippen LogP) is 4.61. The zero-order chi connectivity index (χ0) is 20.6. The molecule has 160 valence electrons. The number of ether oxygens (including phenoxy) is 1. The zero-order valence-electron chi connectivity index (χ0n) is 16.1. The molecule has 30 heavy (non-hydrogen) atoms. The number of aliphatic imine (C=N–C) groups is 1. The number of aromatic nitrogens is 2. The van der Waals surface area contributed by atoms with Gasteiger partial charge >= 0.3 is 6.61 Å². The summed E-state index contributed by atoms with van der Waals surface area (Å²) in [5.41, 5.74) is 2.54. The van der Waals surface area contributed by atoms with Crippen molar-refractivity contribution in [2.24, 2.45) is 4.99 Å². The van der Waals surface area contributed by atoms with Crippen molar-refractivity contribution < 1.29 is 13.5 Å². The third-order valence-corrected chi connectivity index (χ3v) is 4.36. The van der Waals surface area contributed by atoms with Crippen LogP contribution in [-0.4, -0.2) is 29.2 Å². The van der Waals surface area contributed by atoms with E-state index in [1.165, 1.54) is 12.1 Å². The molecule has 2 N–H and O–H groups in total. The summed E-state index contributed by atoms with van der Waals surface area (Å²) in [6, 6.07) is 12.4. The number of hydrogen-bond donors (Lipinski definition) is 2. The fourth-order valence-corrected chi connectivity index (χ4v) is 2.98. The number of imidazole rings is 1. The average molecular weight is 548 g/mol. The van der Waals surface area contributed by atoms with Crippen molar-refractivity contribution in [2.45, 2.75) is 19.7 Å². The molecule has 10 heteroatoms. The third-order valence-electron chi connectivity index (χ3n) is 4.13. The molecule has 0 radical (unpaired) electrons. The molecule has 0 saturated heterocycles. The molecular weight excluding hydrogens is 527 g/mol. The lowest BCUT2D eigenvalue weighted by molar-refractivity contribution is -0.0504. The fraction of sp³-hybridized carbons (Fsp3) is 0.200. The van der Waals surface area contributed by atoms with E-state index in [4.69, 9.17) is 11.6 Å². The van der Waals surface area contributed by atoms with E-state index in [0.29, 0.717) is 23.1 Å². The van der Waals surface area contributed by atoms with Crippen LogP contribution in [0.2, 0.25) is 5.02 Å². The van der Waals surface area contributed by atoms with Crippen LogP contribution in [0.5, 0.6) is 5.75 Å². The van der Waals surface area contributed by atoms with Crippen LogP contribution in [0.15, 0.2) is 66.2 Å². The van der Waals surface area contributed by atoms with E-state index in [2.05, 4.69) is 25.3 Å². The Morgan fingerprint density at radius 1 is 1.17 bits per heavy atom. The lowest BCUT2D eigenvalue weighted by atomic mass is 10.1. The quantitative estimate of drug-likeness (QED) is 0.258. The maximum atomic E-state index is 12.6. The van der Waals surface area contributed by atoms with E-state index in [0.717, 1.165) is 11.3 Å².